The van der Waals surface area contributed by atoms with E-state index in [0.717, 1.165) is 19.3 Å². The van der Waals surface area contributed by atoms with Crippen molar-refractivity contribution in [1.29, 1.82) is 0 Å². The van der Waals surface area contributed by atoms with E-state index in [1.165, 1.54) is 18.2 Å². The van der Waals surface area contributed by atoms with E-state index in [4.69, 9.17) is 25.8 Å². The number of nitrogens with zero attached hydrogens (tertiary/aromatic N) is 2. The van der Waals surface area contributed by atoms with Crippen molar-refractivity contribution in [3.8, 4) is 5.75 Å². The normalized spacial score (nSPS) is 34.1. The molecule has 10 nitrogen and oxygen atoms in total. The third-order valence-corrected chi connectivity index (χ3v) is 13.4. The van der Waals surface area contributed by atoms with Gasteiger partial charge in [-0.25, -0.2) is 17.8 Å². The first-order valence-corrected chi connectivity index (χ1v) is 20.0. The fraction of sp³-hybridized carbons (Fsp3) is 0.579. The Kier molecular flexibility index (Phi) is 11.5. The van der Waals surface area contributed by atoms with Gasteiger partial charge in [0.1, 0.15) is 15.7 Å². The second kappa shape index (κ2) is 15.6. The molecule has 2 heterocycles. The molecule has 2 aromatic rings. The van der Waals surface area contributed by atoms with Gasteiger partial charge in [-0.1, -0.05) is 50.6 Å². The van der Waals surface area contributed by atoms with Crippen LogP contribution in [0.2, 0.25) is 5.02 Å². The van der Waals surface area contributed by atoms with Crippen LogP contribution in [0.25, 0.3) is 0 Å². The summed E-state index contributed by atoms with van der Waals surface area (Å²) in [7, 11) is -0.585. The van der Waals surface area contributed by atoms with Crippen molar-refractivity contribution >= 4 is 39.1 Å². The quantitative estimate of drug-likeness (QED) is 0.322. The lowest BCUT2D eigenvalue weighted by Gasteiger charge is -2.42. The molecule has 2 N–H and O–H groups in total. The Morgan fingerprint density at radius 2 is 1.85 bits per heavy atom. The number of hydrogen-bond acceptors (Lipinski definition) is 7. The minimum atomic E-state index is -3.78. The average molecular weight is 763 g/mol. The Hall–Kier alpha value is -3.26. The molecule has 2 aromatic carbocycles. The number of amides is 3. The molecule has 284 valence electrons. The summed E-state index contributed by atoms with van der Waals surface area (Å²) in [6, 6.07) is 9.47. The van der Waals surface area contributed by atoms with Gasteiger partial charge in [-0.15, -0.1) is 4.36 Å². The van der Waals surface area contributed by atoms with E-state index in [-0.39, 0.29) is 41.1 Å². The van der Waals surface area contributed by atoms with Crippen LogP contribution in [0.5, 0.6) is 5.75 Å². The second-order valence-corrected chi connectivity index (χ2v) is 17.4. The van der Waals surface area contributed by atoms with Crippen molar-refractivity contribution in [1.82, 2.24) is 10.0 Å². The van der Waals surface area contributed by atoms with Crippen LogP contribution in [0.1, 0.15) is 61.5 Å². The summed E-state index contributed by atoms with van der Waals surface area (Å²) in [4.78, 5) is 29.2. The Morgan fingerprint density at radius 1 is 1.10 bits per heavy atom. The number of carbonyl (C=O) groups is 2. The molecule has 0 radical (unpaired) electrons. The van der Waals surface area contributed by atoms with E-state index in [1.807, 2.05) is 24.3 Å². The van der Waals surface area contributed by atoms with Crippen LogP contribution in [0.15, 0.2) is 52.9 Å². The van der Waals surface area contributed by atoms with Gasteiger partial charge in [0.25, 0.3) is 5.91 Å². The number of nitrogens with one attached hydrogen (secondary N) is 2. The van der Waals surface area contributed by atoms with E-state index >= 15 is 0 Å². The van der Waals surface area contributed by atoms with Gasteiger partial charge >= 0.3 is 6.03 Å². The van der Waals surface area contributed by atoms with Crippen molar-refractivity contribution in [2.24, 2.45) is 28.0 Å². The molecule has 1 fully saturated rings. The molecule has 1 saturated carbocycles. The predicted octanol–water partition coefficient (Wildman–Crippen LogP) is 6.80. The molecule has 1 spiro atoms. The Bertz CT molecular complexity index is 1820. The maximum atomic E-state index is 14.5. The molecule has 0 aromatic heterocycles. The molecule has 2 bridgehead atoms. The van der Waals surface area contributed by atoms with Crippen molar-refractivity contribution in [3.63, 3.8) is 0 Å². The highest BCUT2D eigenvalue weighted by Crippen LogP contribution is 2.45. The zero-order valence-electron chi connectivity index (χ0n) is 30.3. The molecule has 2 unspecified atom stereocenters. The first-order valence-electron chi connectivity index (χ1n) is 17.9. The third-order valence-electron chi connectivity index (χ3n) is 11.3. The highest BCUT2D eigenvalue weighted by atomic mass is 35.5. The van der Waals surface area contributed by atoms with E-state index in [9.17, 15) is 22.6 Å². The number of fused-ring (bicyclic) bond motifs is 3. The largest absolute Gasteiger partial charge is 0.490 e. The Labute approximate surface area is 310 Å². The first kappa shape index (κ1) is 38.5. The fourth-order valence-electron chi connectivity index (χ4n) is 8.01. The standard InChI is InChI=1S/C38H49ClF2N4O6S/c1-22-18-45-20-38(14-6-7-25-15-27(39)9-10-29(25)38)21-51-34-11-8-26(16-31(34)45)36(46)43-52(48,44-37(47)42-30-17-28(30)35(40)41)19-23(2)32(49-4)12-13-33(50-5)24(22)3/h8-13,15-16,22-24,28,30,32-33,35H,6-7,14,17-21H2,1-5H3,(H2,42,43,44,46,47,48)/b13-12-/t22-,23+,24+,28?,30-,32-,33-,38-,52?/m0/s1. The lowest BCUT2D eigenvalue weighted by atomic mass is 9.70. The molecule has 14 heteroatoms. The summed E-state index contributed by atoms with van der Waals surface area (Å²) in [5.74, 6) is -1.69. The molecule has 9 atom stereocenters. The smallest absolute Gasteiger partial charge is 0.327 e. The number of urea groups is 1. The van der Waals surface area contributed by atoms with Gasteiger partial charge in [-0.3, -0.25) is 9.52 Å². The zero-order chi connectivity index (χ0) is 37.4. The van der Waals surface area contributed by atoms with E-state index in [2.05, 4.69) is 39.2 Å². The van der Waals surface area contributed by atoms with Gasteiger partial charge in [0, 0.05) is 55.3 Å². The second-order valence-electron chi connectivity index (χ2n) is 15.0. The minimum absolute atomic E-state index is 0.0527. The zero-order valence-corrected chi connectivity index (χ0v) is 31.9. The molecule has 52 heavy (non-hydrogen) atoms. The minimum Gasteiger partial charge on any atom is -0.490 e. The van der Waals surface area contributed by atoms with E-state index < -0.39 is 52.3 Å². The number of halogens is 3. The molecular weight excluding hydrogens is 714 g/mol. The van der Waals surface area contributed by atoms with Gasteiger partial charge in [0.2, 0.25) is 6.43 Å². The summed E-state index contributed by atoms with van der Waals surface area (Å²) in [5, 5.41) is 3.16. The molecule has 2 aliphatic carbocycles. The third kappa shape index (κ3) is 8.27. The van der Waals surface area contributed by atoms with E-state index in [0.29, 0.717) is 36.2 Å². The van der Waals surface area contributed by atoms with Crippen molar-refractivity contribution < 1.29 is 36.8 Å². The molecule has 2 aliphatic heterocycles. The summed E-state index contributed by atoms with van der Waals surface area (Å²) >= 11 is 6.43. The SMILES string of the molecule is CO[C@H]1/C=C\[C@H](OC)[C@H](C)CS(=O)(NC(=O)N[C@H]2CC2C(F)F)=NC(=O)c2ccc3c(c2)N(C[C@H](C)[C@H]1C)C[C@@]1(CCCc2cc(Cl)ccc21)CO3. The van der Waals surface area contributed by atoms with Gasteiger partial charge < -0.3 is 24.4 Å². The molecule has 0 saturated heterocycles. The van der Waals surface area contributed by atoms with Gasteiger partial charge in [0.15, 0.2) is 0 Å². The van der Waals surface area contributed by atoms with Crippen LogP contribution in [-0.4, -0.2) is 80.5 Å². The van der Waals surface area contributed by atoms with Gasteiger partial charge in [-0.05, 0) is 84.9 Å². The number of aryl methyl sites for hydroxylation is 1. The van der Waals surface area contributed by atoms with Gasteiger partial charge in [0.05, 0.1) is 30.3 Å². The lowest BCUT2D eigenvalue weighted by molar-refractivity contribution is 0.0700. The van der Waals surface area contributed by atoms with Crippen LogP contribution in [0, 0.1) is 23.7 Å². The summed E-state index contributed by atoms with van der Waals surface area (Å²) in [6.07, 6.45) is 3.29. The van der Waals surface area contributed by atoms with Crippen LogP contribution < -0.4 is 19.7 Å². The molecule has 4 aliphatic rings. The van der Waals surface area contributed by atoms with Crippen molar-refractivity contribution in [2.45, 2.75) is 76.5 Å². The highest BCUT2D eigenvalue weighted by molar-refractivity contribution is 7.92. The van der Waals surface area contributed by atoms with Crippen LogP contribution in [0.4, 0.5) is 19.3 Å². The maximum absolute atomic E-state index is 14.5. The summed E-state index contributed by atoms with van der Waals surface area (Å²) in [6.45, 7) is 7.80. The number of anilines is 1. The Morgan fingerprint density at radius 3 is 2.56 bits per heavy atom. The first-order chi connectivity index (χ1) is 24.7. The number of rotatable bonds is 5. The van der Waals surface area contributed by atoms with E-state index in [1.54, 1.807) is 32.2 Å². The van der Waals surface area contributed by atoms with Crippen molar-refractivity contribution in [2.75, 3.05) is 44.6 Å². The predicted molar refractivity (Wildman–Crippen MR) is 198 cm³/mol. The average Bonchev–Trinajstić information content (AvgIpc) is 3.88. The maximum Gasteiger partial charge on any atom is 0.327 e. The van der Waals surface area contributed by atoms with Crippen LogP contribution in [0.3, 0.4) is 0 Å². The number of methoxy groups -OCH3 is 2. The molecule has 6 rings (SSSR count). The summed E-state index contributed by atoms with van der Waals surface area (Å²) in [5.41, 5.74) is 2.97. The topological polar surface area (TPSA) is 119 Å². The molecule has 3 amide bonds. The Balaban J connectivity index is 1.42. The number of alkyl halides is 2. The fourth-order valence-corrected chi connectivity index (χ4v) is 10.0. The summed E-state index contributed by atoms with van der Waals surface area (Å²) < 4.78 is 65.7. The number of benzene rings is 2. The van der Waals surface area contributed by atoms with Crippen LogP contribution in [-0.2, 0) is 31.2 Å². The highest BCUT2D eigenvalue weighted by Gasteiger charge is 2.46. The monoisotopic (exact) mass is 762 g/mol. The molecular formula is C38H49ClF2N4O6S. The number of hydrogen-bond donors (Lipinski definition) is 2. The van der Waals surface area contributed by atoms with Crippen molar-refractivity contribution in [3.05, 3.63) is 70.3 Å². The lowest BCUT2D eigenvalue weighted by Crippen LogP contribution is -2.47. The number of ether oxygens (including phenoxy) is 3. The van der Waals surface area contributed by atoms with Crippen LogP contribution >= 0.6 is 11.6 Å². The van der Waals surface area contributed by atoms with Gasteiger partial charge in [-0.2, -0.15) is 0 Å². The number of carbonyl (C=O) groups excluding carboxylic acids is 2.